The van der Waals surface area contributed by atoms with Gasteiger partial charge in [-0.15, -0.1) is 0 Å². The van der Waals surface area contributed by atoms with Crippen LogP contribution in [0.4, 0.5) is 11.1 Å². The standard InChI is InChI=1S/C10H18N4OS/c11-9-12-10(16-13-9)14(6-7-15)8-4-2-1-3-5-8/h8,15H,1-7H2,(H2,11,13). The second-order valence-corrected chi connectivity index (χ2v) is 4.87. The summed E-state index contributed by atoms with van der Waals surface area (Å²) in [6.07, 6.45) is 6.21. The Kier molecular flexibility index (Phi) is 3.95. The molecule has 0 unspecified atom stereocenters. The predicted molar refractivity (Wildman–Crippen MR) is 65.6 cm³/mol. The number of rotatable bonds is 4. The topological polar surface area (TPSA) is 75.3 Å². The molecule has 1 saturated carbocycles. The van der Waals surface area contributed by atoms with Gasteiger partial charge in [-0.3, -0.25) is 0 Å². The van der Waals surface area contributed by atoms with Crippen LogP contribution in [0.15, 0.2) is 0 Å². The molecule has 0 aromatic carbocycles. The molecule has 6 heteroatoms. The van der Waals surface area contributed by atoms with Gasteiger partial charge in [0.15, 0.2) is 0 Å². The van der Waals surface area contributed by atoms with E-state index in [1.54, 1.807) is 0 Å². The fourth-order valence-electron chi connectivity index (χ4n) is 2.28. The molecule has 1 fully saturated rings. The number of nitrogens with zero attached hydrogens (tertiary/aromatic N) is 3. The van der Waals surface area contributed by atoms with Crippen molar-refractivity contribution in [3.63, 3.8) is 0 Å². The first kappa shape index (κ1) is 11.6. The normalized spacial score (nSPS) is 17.6. The number of anilines is 2. The van der Waals surface area contributed by atoms with E-state index < -0.39 is 0 Å². The van der Waals surface area contributed by atoms with Crippen molar-refractivity contribution in [2.75, 3.05) is 23.8 Å². The highest BCUT2D eigenvalue weighted by Crippen LogP contribution is 2.28. The van der Waals surface area contributed by atoms with Crippen LogP contribution in [0.2, 0.25) is 0 Å². The zero-order chi connectivity index (χ0) is 11.4. The molecule has 0 bridgehead atoms. The predicted octanol–water partition coefficient (Wildman–Crippen LogP) is 1.25. The lowest BCUT2D eigenvalue weighted by Crippen LogP contribution is -2.38. The van der Waals surface area contributed by atoms with Gasteiger partial charge >= 0.3 is 0 Å². The summed E-state index contributed by atoms with van der Waals surface area (Å²) in [5, 5.41) is 9.96. The molecule has 16 heavy (non-hydrogen) atoms. The highest BCUT2D eigenvalue weighted by Gasteiger charge is 2.23. The molecule has 90 valence electrons. The first-order chi connectivity index (χ1) is 7.81. The molecule has 5 nitrogen and oxygen atoms in total. The summed E-state index contributed by atoms with van der Waals surface area (Å²) in [4.78, 5) is 6.36. The van der Waals surface area contributed by atoms with E-state index in [0.29, 0.717) is 18.5 Å². The van der Waals surface area contributed by atoms with E-state index in [4.69, 9.17) is 10.8 Å². The van der Waals surface area contributed by atoms with E-state index in [1.807, 2.05) is 0 Å². The molecular weight excluding hydrogens is 224 g/mol. The van der Waals surface area contributed by atoms with Crippen molar-refractivity contribution < 1.29 is 5.11 Å². The summed E-state index contributed by atoms with van der Waals surface area (Å²) in [6.45, 7) is 0.773. The number of aliphatic hydroxyl groups is 1. The summed E-state index contributed by atoms with van der Waals surface area (Å²) < 4.78 is 4.00. The lowest BCUT2D eigenvalue weighted by molar-refractivity contribution is 0.290. The Balaban J connectivity index is 2.09. The molecule has 0 spiro atoms. The molecule has 1 aliphatic rings. The van der Waals surface area contributed by atoms with Gasteiger partial charge in [0.2, 0.25) is 11.1 Å². The van der Waals surface area contributed by atoms with E-state index in [1.165, 1.54) is 43.6 Å². The number of nitrogen functional groups attached to an aromatic ring is 1. The Hall–Kier alpha value is -0.880. The van der Waals surface area contributed by atoms with Crippen molar-refractivity contribution in [3.8, 4) is 0 Å². The van der Waals surface area contributed by atoms with Gasteiger partial charge in [0.1, 0.15) is 0 Å². The summed E-state index contributed by atoms with van der Waals surface area (Å²) in [5.74, 6) is 0.332. The Bertz CT molecular complexity index is 324. The maximum Gasteiger partial charge on any atom is 0.233 e. The number of aliphatic hydroxyl groups excluding tert-OH is 1. The van der Waals surface area contributed by atoms with Crippen LogP contribution < -0.4 is 10.6 Å². The Labute approximate surface area is 99.5 Å². The minimum Gasteiger partial charge on any atom is -0.395 e. The third-order valence-corrected chi connectivity index (χ3v) is 3.80. The van der Waals surface area contributed by atoms with Crippen LogP contribution in [0.1, 0.15) is 32.1 Å². The van der Waals surface area contributed by atoms with Gasteiger partial charge in [-0.25, -0.2) is 0 Å². The molecule has 0 amide bonds. The van der Waals surface area contributed by atoms with E-state index in [0.717, 1.165) is 5.13 Å². The Morgan fingerprint density at radius 2 is 2.12 bits per heavy atom. The van der Waals surface area contributed by atoms with Gasteiger partial charge in [-0.1, -0.05) is 19.3 Å². The Morgan fingerprint density at radius 3 is 2.69 bits per heavy atom. The van der Waals surface area contributed by atoms with Gasteiger partial charge in [0.05, 0.1) is 6.61 Å². The van der Waals surface area contributed by atoms with Crippen molar-refractivity contribution in [2.45, 2.75) is 38.1 Å². The highest BCUT2D eigenvalue weighted by atomic mass is 32.1. The molecule has 1 aromatic heterocycles. The SMILES string of the molecule is Nc1nsc(N(CCO)C2CCCCC2)n1. The first-order valence-corrected chi connectivity index (χ1v) is 6.55. The van der Waals surface area contributed by atoms with Crippen molar-refractivity contribution in [3.05, 3.63) is 0 Å². The van der Waals surface area contributed by atoms with Gasteiger partial charge < -0.3 is 15.7 Å². The van der Waals surface area contributed by atoms with Crippen molar-refractivity contribution in [2.24, 2.45) is 0 Å². The maximum atomic E-state index is 9.12. The number of hydrogen-bond donors (Lipinski definition) is 2. The fraction of sp³-hybridized carbons (Fsp3) is 0.800. The average Bonchev–Trinajstić information content (AvgIpc) is 2.74. The van der Waals surface area contributed by atoms with Crippen molar-refractivity contribution >= 4 is 22.6 Å². The summed E-state index contributed by atoms with van der Waals surface area (Å²) >= 11 is 1.32. The second-order valence-electron chi connectivity index (χ2n) is 4.14. The lowest BCUT2D eigenvalue weighted by atomic mass is 9.94. The zero-order valence-corrected chi connectivity index (χ0v) is 10.1. The number of nitrogens with two attached hydrogens (primary N) is 1. The molecular formula is C10H18N4OS. The van der Waals surface area contributed by atoms with Crippen LogP contribution in [-0.2, 0) is 0 Å². The largest absolute Gasteiger partial charge is 0.395 e. The van der Waals surface area contributed by atoms with Crippen LogP contribution in [0.5, 0.6) is 0 Å². The Morgan fingerprint density at radius 1 is 1.38 bits per heavy atom. The summed E-state index contributed by atoms with van der Waals surface area (Å²) in [6, 6.07) is 0.494. The third kappa shape index (κ3) is 2.62. The molecule has 3 N–H and O–H groups in total. The minimum atomic E-state index is 0.149. The maximum absolute atomic E-state index is 9.12. The van der Waals surface area contributed by atoms with Crippen LogP contribution in [-0.4, -0.2) is 33.7 Å². The van der Waals surface area contributed by atoms with Gasteiger partial charge in [-0.2, -0.15) is 9.36 Å². The average molecular weight is 242 g/mol. The van der Waals surface area contributed by atoms with Gasteiger partial charge in [0.25, 0.3) is 0 Å². The van der Waals surface area contributed by atoms with E-state index in [9.17, 15) is 0 Å². The van der Waals surface area contributed by atoms with Crippen molar-refractivity contribution in [1.82, 2.24) is 9.36 Å². The zero-order valence-electron chi connectivity index (χ0n) is 9.30. The molecule has 1 heterocycles. The first-order valence-electron chi connectivity index (χ1n) is 5.78. The number of aromatic nitrogens is 2. The van der Waals surface area contributed by atoms with E-state index >= 15 is 0 Å². The molecule has 0 atom stereocenters. The van der Waals surface area contributed by atoms with E-state index in [-0.39, 0.29) is 6.61 Å². The van der Waals surface area contributed by atoms with E-state index in [2.05, 4.69) is 14.3 Å². The van der Waals surface area contributed by atoms with Gasteiger partial charge in [0, 0.05) is 24.1 Å². The monoisotopic (exact) mass is 242 g/mol. The molecule has 0 aliphatic heterocycles. The molecule has 1 aromatic rings. The number of hydrogen-bond acceptors (Lipinski definition) is 6. The third-order valence-electron chi connectivity index (χ3n) is 3.03. The van der Waals surface area contributed by atoms with Crippen LogP contribution in [0, 0.1) is 0 Å². The molecule has 0 radical (unpaired) electrons. The van der Waals surface area contributed by atoms with Crippen LogP contribution in [0.3, 0.4) is 0 Å². The molecule has 0 saturated heterocycles. The van der Waals surface area contributed by atoms with Crippen LogP contribution in [0.25, 0.3) is 0 Å². The fourth-order valence-corrected chi connectivity index (χ4v) is 2.97. The second kappa shape index (κ2) is 5.45. The summed E-state index contributed by atoms with van der Waals surface area (Å²) in [5.41, 5.74) is 5.54. The smallest absolute Gasteiger partial charge is 0.233 e. The van der Waals surface area contributed by atoms with Gasteiger partial charge in [-0.05, 0) is 12.8 Å². The molecule has 2 rings (SSSR count). The minimum absolute atomic E-state index is 0.149. The van der Waals surface area contributed by atoms with Crippen LogP contribution >= 0.6 is 11.5 Å². The lowest BCUT2D eigenvalue weighted by Gasteiger charge is -2.33. The van der Waals surface area contributed by atoms with Crippen molar-refractivity contribution in [1.29, 1.82) is 0 Å². The molecule has 1 aliphatic carbocycles. The highest BCUT2D eigenvalue weighted by molar-refractivity contribution is 7.09. The summed E-state index contributed by atoms with van der Waals surface area (Å²) in [7, 11) is 0. The quantitative estimate of drug-likeness (QED) is 0.831.